The highest BCUT2D eigenvalue weighted by Gasteiger charge is 2.59. The second kappa shape index (κ2) is 12.2. The van der Waals surface area contributed by atoms with Crippen LogP contribution in [0.5, 0.6) is 5.75 Å². The van der Waals surface area contributed by atoms with Crippen LogP contribution in [0.4, 0.5) is 4.39 Å². The van der Waals surface area contributed by atoms with Crippen LogP contribution in [0.3, 0.4) is 0 Å². The Hall–Kier alpha value is -2.50. The summed E-state index contributed by atoms with van der Waals surface area (Å²) in [4.78, 5) is 37.3. The molecule has 3 aliphatic rings. The van der Waals surface area contributed by atoms with E-state index in [0.29, 0.717) is 31.2 Å². The van der Waals surface area contributed by atoms with Crippen molar-refractivity contribution in [2.45, 2.75) is 98.9 Å². The van der Waals surface area contributed by atoms with E-state index in [0.717, 1.165) is 12.8 Å². The number of carbonyl (C=O) groups is 3. The molecule has 9 nitrogen and oxygen atoms in total. The molecule has 3 N–H and O–H groups in total. The first-order valence-corrected chi connectivity index (χ1v) is 15.0. The summed E-state index contributed by atoms with van der Waals surface area (Å²) >= 11 is 0. The van der Waals surface area contributed by atoms with Gasteiger partial charge in [0, 0.05) is 36.2 Å². The third-order valence-electron chi connectivity index (χ3n) is 10.7. The summed E-state index contributed by atoms with van der Waals surface area (Å²) in [6, 6.07) is 2.99. The number of fused-ring (bicyclic) bond motifs is 3. The molecule has 1 heterocycles. The molecule has 1 amide bonds. The van der Waals surface area contributed by atoms with Gasteiger partial charge in [0.2, 0.25) is 5.91 Å². The first-order chi connectivity index (χ1) is 19.6. The summed E-state index contributed by atoms with van der Waals surface area (Å²) in [5.74, 6) is -1.78. The molecule has 2 bridgehead atoms. The minimum absolute atomic E-state index is 0.00294. The molecule has 2 saturated carbocycles. The van der Waals surface area contributed by atoms with Gasteiger partial charge in [0.25, 0.3) is 0 Å². The molecule has 1 aromatic rings. The molecule has 0 saturated heterocycles. The van der Waals surface area contributed by atoms with E-state index in [1.807, 2.05) is 13.8 Å². The normalized spacial score (nSPS) is 34.2. The summed E-state index contributed by atoms with van der Waals surface area (Å²) < 4.78 is 31.8. The molecule has 11 heteroatoms. The Morgan fingerprint density at radius 1 is 1.21 bits per heavy atom. The van der Waals surface area contributed by atoms with Gasteiger partial charge in [0.1, 0.15) is 11.9 Å². The Labute approximate surface area is 248 Å². The van der Waals surface area contributed by atoms with Gasteiger partial charge in [0.05, 0.1) is 12.7 Å². The lowest BCUT2D eigenvalue weighted by molar-refractivity contribution is -0.195. The zero-order valence-corrected chi connectivity index (χ0v) is 25.6. The lowest BCUT2D eigenvalue weighted by Gasteiger charge is -2.60. The zero-order chi connectivity index (χ0) is 31.0. The minimum Gasteiger partial charge on any atom is -0.479 e. The van der Waals surface area contributed by atoms with E-state index in [-0.39, 0.29) is 53.3 Å². The third kappa shape index (κ3) is 6.24. The van der Waals surface area contributed by atoms with Gasteiger partial charge in [-0.05, 0) is 67.9 Å². The fourth-order valence-corrected chi connectivity index (χ4v) is 7.63. The number of esters is 1. The SMILES string of the molecule is CC(=O)CC[C@]12CC[C@@H](C)[C@](C)(C1)[C@H](OC(=O)COc1ccc3c(c1F)B(O)OC3)C[C@@](C)(CNC(C)=O)[C@@H](O)[C@@H]2C. The maximum Gasteiger partial charge on any atom is 0.494 e. The molecule has 0 radical (unpaired) electrons. The van der Waals surface area contributed by atoms with Gasteiger partial charge in [-0.2, -0.15) is 0 Å². The van der Waals surface area contributed by atoms with Crippen molar-refractivity contribution in [2.75, 3.05) is 13.2 Å². The van der Waals surface area contributed by atoms with Gasteiger partial charge in [-0.15, -0.1) is 0 Å². The van der Waals surface area contributed by atoms with Crippen molar-refractivity contribution < 1.29 is 43.0 Å². The fraction of sp³-hybridized carbons (Fsp3) is 0.710. The number of nitrogens with one attached hydrogen (secondary N) is 1. The first kappa shape index (κ1) is 32.4. The zero-order valence-electron chi connectivity index (χ0n) is 25.6. The van der Waals surface area contributed by atoms with Crippen molar-refractivity contribution in [3.05, 3.63) is 23.5 Å². The molecular formula is C31H45BFNO8. The largest absolute Gasteiger partial charge is 0.494 e. The van der Waals surface area contributed by atoms with Crippen LogP contribution in [0, 0.1) is 33.9 Å². The first-order valence-electron chi connectivity index (χ1n) is 15.0. The summed E-state index contributed by atoms with van der Waals surface area (Å²) in [5.41, 5.74) is -1.16. The van der Waals surface area contributed by atoms with Gasteiger partial charge >= 0.3 is 13.1 Å². The van der Waals surface area contributed by atoms with E-state index in [1.54, 1.807) is 13.0 Å². The van der Waals surface area contributed by atoms with Gasteiger partial charge < -0.3 is 34.4 Å². The predicted octanol–water partition coefficient (Wildman–Crippen LogP) is 3.06. The van der Waals surface area contributed by atoms with Crippen molar-refractivity contribution in [1.29, 1.82) is 0 Å². The van der Waals surface area contributed by atoms with Gasteiger partial charge in [0.15, 0.2) is 18.2 Å². The van der Waals surface area contributed by atoms with Crippen LogP contribution in [0.15, 0.2) is 12.1 Å². The summed E-state index contributed by atoms with van der Waals surface area (Å²) in [7, 11) is -1.39. The number of hydrogen-bond donors (Lipinski definition) is 3. The standard InChI is InChI=1S/C31H45BFNO8/c1-18-9-11-31(12-10-19(2)35)16-30(18,6)24(13-29(5,17-34-21(4)36)28(38)20(31)3)42-25(37)15-40-23-8-7-22-14-41-32(39)26(22)27(23)33/h7-8,18,20,24,28,38-39H,9-17H2,1-6H3,(H,34,36)/t18-,20+,24-,28+,29+,30+,31-/m1/s1. The molecule has 4 rings (SSSR count). The van der Waals surface area contributed by atoms with E-state index in [4.69, 9.17) is 14.1 Å². The lowest BCUT2D eigenvalue weighted by atomic mass is 9.47. The second-order valence-corrected chi connectivity index (χ2v) is 13.6. The van der Waals surface area contributed by atoms with Crippen molar-refractivity contribution in [3.63, 3.8) is 0 Å². The molecular weight excluding hydrogens is 544 g/mol. The Balaban J connectivity index is 1.63. The number of rotatable bonds is 9. The number of benzene rings is 1. The van der Waals surface area contributed by atoms with Crippen LogP contribution in [-0.4, -0.2) is 60.3 Å². The topological polar surface area (TPSA) is 131 Å². The summed E-state index contributed by atoms with van der Waals surface area (Å²) in [6.45, 7) is 10.9. The van der Waals surface area contributed by atoms with Crippen LogP contribution in [0.25, 0.3) is 0 Å². The minimum atomic E-state index is -1.39. The molecule has 1 aromatic carbocycles. The number of ketones is 1. The third-order valence-corrected chi connectivity index (χ3v) is 10.7. The molecule has 42 heavy (non-hydrogen) atoms. The Kier molecular flexibility index (Phi) is 9.45. The molecule has 2 fully saturated rings. The molecule has 2 aliphatic carbocycles. The van der Waals surface area contributed by atoms with E-state index in [1.165, 1.54) is 13.0 Å². The highest BCUT2D eigenvalue weighted by atomic mass is 19.1. The Morgan fingerprint density at radius 2 is 1.93 bits per heavy atom. The van der Waals surface area contributed by atoms with Crippen LogP contribution < -0.4 is 15.5 Å². The monoisotopic (exact) mass is 589 g/mol. The number of ether oxygens (including phenoxy) is 2. The molecule has 0 unspecified atom stereocenters. The lowest BCUT2D eigenvalue weighted by Crippen LogP contribution is -2.60. The predicted molar refractivity (Wildman–Crippen MR) is 154 cm³/mol. The second-order valence-electron chi connectivity index (χ2n) is 13.6. The van der Waals surface area contributed by atoms with Crippen LogP contribution in [0.1, 0.15) is 85.6 Å². The average Bonchev–Trinajstić information content (AvgIpc) is 3.31. The number of halogens is 1. The number of aliphatic hydroxyl groups is 1. The summed E-state index contributed by atoms with van der Waals surface area (Å²) in [5, 5.41) is 24.7. The van der Waals surface area contributed by atoms with Gasteiger partial charge in [-0.25, -0.2) is 9.18 Å². The number of Topliss-reactive ketones (excluding diaryl/α,β-unsaturated/α-hetero) is 1. The fourth-order valence-electron chi connectivity index (χ4n) is 7.63. The number of hydrogen-bond acceptors (Lipinski definition) is 8. The molecule has 232 valence electrons. The number of aliphatic hydroxyl groups excluding tert-OH is 1. The van der Waals surface area contributed by atoms with Crippen molar-refractivity contribution in [2.24, 2.45) is 28.1 Å². The summed E-state index contributed by atoms with van der Waals surface area (Å²) in [6.07, 6.45) is 2.20. The average molecular weight is 590 g/mol. The highest BCUT2D eigenvalue weighted by molar-refractivity contribution is 6.61. The number of carbonyl (C=O) groups excluding carboxylic acids is 3. The van der Waals surface area contributed by atoms with E-state index in [2.05, 4.69) is 19.2 Å². The molecule has 1 aliphatic heterocycles. The van der Waals surface area contributed by atoms with E-state index >= 15 is 4.39 Å². The molecule has 7 atom stereocenters. The quantitative estimate of drug-likeness (QED) is 0.296. The van der Waals surface area contributed by atoms with Crippen LogP contribution in [-0.2, 0) is 30.4 Å². The van der Waals surface area contributed by atoms with Crippen LogP contribution >= 0.6 is 0 Å². The smallest absolute Gasteiger partial charge is 0.479 e. The maximum atomic E-state index is 15.0. The van der Waals surface area contributed by atoms with E-state index < -0.39 is 48.5 Å². The van der Waals surface area contributed by atoms with Gasteiger partial charge in [-0.1, -0.05) is 33.8 Å². The van der Waals surface area contributed by atoms with Gasteiger partial charge in [-0.3, -0.25) is 4.79 Å². The molecule has 0 aromatic heterocycles. The van der Waals surface area contributed by atoms with Crippen molar-refractivity contribution in [1.82, 2.24) is 5.32 Å². The van der Waals surface area contributed by atoms with Crippen LogP contribution in [0.2, 0.25) is 0 Å². The maximum absolute atomic E-state index is 15.0. The highest BCUT2D eigenvalue weighted by Crippen LogP contribution is 2.61. The molecule has 0 spiro atoms. The van der Waals surface area contributed by atoms with Crippen molar-refractivity contribution in [3.8, 4) is 5.75 Å². The Bertz CT molecular complexity index is 1210. The van der Waals surface area contributed by atoms with Crippen molar-refractivity contribution >= 4 is 30.2 Å². The Morgan fingerprint density at radius 3 is 2.60 bits per heavy atom. The van der Waals surface area contributed by atoms with E-state index in [9.17, 15) is 24.5 Å². The number of amides is 1.